The molecule has 2 rings (SSSR count). The van der Waals surface area contributed by atoms with Crippen molar-refractivity contribution < 1.29 is 0 Å². The fourth-order valence-electron chi connectivity index (χ4n) is 2.42. The number of aliphatic imine (C=N–C) groups is 1. The molecular formula is C18H28IN5S. The molecule has 0 fully saturated rings. The summed E-state index contributed by atoms with van der Waals surface area (Å²) < 4.78 is 0. The van der Waals surface area contributed by atoms with Crippen LogP contribution in [0.4, 0.5) is 5.69 Å². The number of halogens is 1. The second kappa shape index (κ2) is 10.6. The first-order chi connectivity index (χ1) is 11.5. The van der Waals surface area contributed by atoms with Crippen molar-refractivity contribution >= 4 is 47.0 Å². The molecule has 0 aliphatic carbocycles. The largest absolute Gasteiger partial charge is 0.370 e. The van der Waals surface area contributed by atoms with Crippen LogP contribution in [0.3, 0.4) is 0 Å². The summed E-state index contributed by atoms with van der Waals surface area (Å²) in [4.78, 5) is 12.3. The summed E-state index contributed by atoms with van der Waals surface area (Å²) in [6.07, 6.45) is 0. The van der Waals surface area contributed by atoms with E-state index in [-0.39, 0.29) is 24.0 Å². The molecule has 0 radical (unpaired) electrons. The van der Waals surface area contributed by atoms with Crippen LogP contribution in [-0.4, -0.2) is 37.6 Å². The fourth-order valence-corrected chi connectivity index (χ4v) is 3.30. The number of aromatic nitrogens is 1. The van der Waals surface area contributed by atoms with E-state index in [1.165, 1.54) is 10.6 Å². The molecule has 0 spiro atoms. The second-order valence-electron chi connectivity index (χ2n) is 5.84. The summed E-state index contributed by atoms with van der Waals surface area (Å²) in [5.41, 5.74) is 2.31. The van der Waals surface area contributed by atoms with Gasteiger partial charge < -0.3 is 15.5 Å². The minimum Gasteiger partial charge on any atom is -0.370 e. The minimum atomic E-state index is 0. The van der Waals surface area contributed by atoms with Crippen molar-refractivity contribution in [2.45, 2.75) is 33.4 Å². The monoisotopic (exact) mass is 473 g/mol. The van der Waals surface area contributed by atoms with Gasteiger partial charge in [-0.1, -0.05) is 18.2 Å². The molecule has 25 heavy (non-hydrogen) atoms. The van der Waals surface area contributed by atoms with E-state index >= 15 is 0 Å². The first-order valence-electron chi connectivity index (χ1n) is 8.16. The van der Waals surface area contributed by atoms with Gasteiger partial charge in [-0.3, -0.25) is 4.99 Å². The Hall–Kier alpha value is -1.35. The second-order valence-corrected chi connectivity index (χ2v) is 7.13. The summed E-state index contributed by atoms with van der Waals surface area (Å²) in [6.45, 7) is 7.85. The Balaban J connectivity index is 0.00000312. The highest BCUT2D eigenvalue weighted by atomic mass is 127. The zero-order valence-corrected chi connectivity index (χ0v) is 18.7. The van der Waals surface area contributed by atoms with Crippen molar-refractivity contribution in [3.63, 3.8) is 0 Å². The average Bonchev–Trinajstić information content (AvgIpc) is 2.92. The third kappa shape index (κ3) is 6.47. The van der Waals surface area contributed by atoms with Crippen LogP contribution in [-0.2, 0) is 6.54 Å². The molecule has 1 aromatic heterocycles. The molecule has 7 heteroatoms. The van der Waals surface area contributed by atoms with Gasteiger partial charge in [0, 0.05) is 37.2 Å². The Bertz CT molecular complexity index is 671. The molecule has 0 saturated carbocycles. The highest BCUT2D eigenvalue weighted by molar-refractivity contribution is 14.0. The Kier molecular flexibility index (Phi) is 9.20. The number of aryl methyl sites for hydroxylation is 2. The Labute approximate surface area is 172 Å². The van der Waals surface area contributed by atoms with Crippen LogP contribution in [0.15, 0.2) is 35.3 Å². The van der Waals surface area contributed by atoms with E-state index in [0.29, 0.717) is 6.04 Å². The maximum absolute atomic E-state index is 4.46. The number of likely N-dealkylation sites (N-methyl/N-ethyl adjacent to an activating group) is 1. The molecule has 1 heterocycles. The van der Waals surface area contributed by atoms with Crippen molar-refractivity contribution in [1.29, 1.82) is 0 Å². The number of thiazole rings is 1. The molecule has 2 N–H and O–H groups in total. The number of nitrogens with zero attached hydrogens (tertiary/aromatic N) is 3. The molecule has 1 aromatic carbocycles. The molecule has 2 aromatic rings. The number of benzene rings is 1. The minimum absolute atomic E-state index is 0. The standard InChI is InChI=1S/C18H27N5S.HI/c1-13(23(5)16-9-7-6-8-10-16)11-20-18(19-4)21-12-17-14(2)22-15(3)24-17;/h6-10,13H,11-12H2,1-5H3,(H2,19,20,21);1H. The van der Waals surface area contributed by atoms with Gasteiger partial charge in [-0.05, 0) is 32.9 Å². The number of anilines is 1. The lowest BCUT2D eigenvalue weighted by Gasteiger charge is -2.27. The van der Waals surface area contributed by atoms with Gasteiger partial charge in [0.05, 0.1) is 17.2 Å². The lowest BCUT2D eigenvalue weighted by molar-refractivity contribution is 0.648. The number of rotatable bonds is 6. The van der Waals surface area contributed by atoms with Crippen molar-refractivity contribution in [2.24, 2.45) is 4.99 Å². The predicted molar refractivity (Wildman–Crippen MR) is 120 cm³/mol. The molecule has 0 aliphatic heterocycles. The topological polar surface area (TPSA) is 52.6 Å². The summed E-state index contributed by atoms with van der Waals surface area (Å²) >= 11 is 1.73. The van der Waals surface area contributed by atoms with Gasteiger partial charge in [-0.25, -0.2) is 4.98 Å². The lowest BCUT2D eigenvalue weighted by atomic mass is 10.2. The molecule has 138 valence electrons. The Morgan fingerprint density at radius 3 is 2.48 bits per heavy atom. The van der Waals surface area contributed by atoms with Crippen molar-refractivity contribution in [3.8, 4) is 0 Å². The molecular weight excluding hydrogens is 445 g/mol. The van der Waals surface area contributed by atoms with Crippen LogP contribution in [0, 0.1) is 13.8 Å². The van der Waals surface area contributed by atoms with Gasteiger partial charge in [0.25, 0.3) is 0 Å². The maximum atomic E-state index is 4.46. The molecule has 1 atom stereocenters. The van der Waals surface area contributed by atoms with Crippen molar-refractivity contribution in [3.05, 3.63) is 45.9 Å². The fraction of sp³-hybridized carbons (Fsp3) is 0.444. The smallest absolute Gasteiger partial charge is 0.191 e. The molecule has 0 aliphatic rings. The summed E-state index contributed by atoms with van der Waals surface area (Å²) in [5, 5.41) is 7.86. The quantitative estimate of drug-likeness (QED) is 0.383. The van der Waals surface area contributed by atoms with Gasteiger partial charge in [-0.15, -0.1) is 35.3 Å². The molecule has 1 unspecified atom stereocenters. The lowest BCUT2D eigenvalue weighted by Crippen LogP contribution is -2.44. The number of para-hydroxylation sites is 1. The van der Waals surface area contributed by atoms with Crippen LogP contribution < -0.4 is 15.5 Å². The first kappa shape index (κ1) is 21.7. The van der Waals surface area contributed by atoms with E-state index in [0.717, 1.165) is 29.8 Å². The summed E-state index contributed by atoms with van der Waals surface area (Å²) in [6, 6.07) is 10.8. The van der Waals surface area contributed by atoms with Gasteiger partial charge in [0.2, 0.25) is 0 Å². The highest BCUT2D eigenvalue weighted by Gasteiger charge is 2.11. The number of guanidine groups is 1. The molecule has 0 amide bonds. The Morgan fingerprint density at radius 2 is 1.92 bits per heavy atom. The summed E-state index contributed by atoms with van der Waals surface area (Å²) in [5.74, 6) is 0.814. The number of hydrogen-bond donors (Lipinski definition) is 2. The van der Waals surface area contributed by atoms with E-state index < -0.39 is 0 Å². The Morgan fingerprint density at radius 1 is 1.24 bits per heavy atom. The number of nitrogens with one attached hydrogen (secondary N) is 2. The molecule has 0 saturated heterocycles. The zero-order valence-electron chi connectivity index (χ0n) is 15.5. The zero-order chi connectivity index (χ0) is 17.5. The van der Waals surface area contributed by atoms with Gasteiger partial charge in [0.15, 0.2) is 5.96 Å². The van der Waals surface area contributed by atoms with E-state index in [1.807, 2.05) is 19.9 Å². The van der Waals surface area contributed by atoms with E-state index in [4.69, 9.17) is 0 Å². The van der Waals surface area contributed by atoms with Crippen LogP contribution >= 0.6 is 35.3 Å². The maximum Gasteiger partial charge on any atom is 0.191 e. The van der Waals surface area contributed by atoms with Crippen molar-refractivity contribution in [1.82, 2.24) is 15.6 Å². The highest BCUT2D eigenvalue weighted by Crippen LogP contribution is 2.16. The van der Waals surface area contributed by atoms with E-state index in [9.17, 15) is 0 Å². The van der Waals surface area contributed by atoms with E-state index in [1.54, 1.807) is 18.4 Å². The van der Waals surface area contributed by atoms with Gasteiger partial charge in [-0.2, -0.15) is 0 Å². The first-order valence-corrected chi connectivity index (χ1v) is 8.98. The van der Waals surface area contributed by atoms with Crippen LogP contribution in [0.25, 0.3) is 0 Å². The number of hydrogen-bond acceptors (Lipinski definition) is 4. The molecule has 0 bridgehead atoms. The van der Waals surface area contributed by atoms with E-state index in [2.05, 4.69) is 63.7 Å². The van der Waals surface area contributed by atoms with Crippen molar-refractivity contribution in [2.75, 3.05) is 25.5 Å². The van der Waals surface area contributed by atoms with Crippen LogP contribution in [0.5, 0.6) is 0 Å². The third-order valence-electron chi connectivity index (χ3n) is 4.03. The van der Waals surface area contributed by atoms with Crippen LogP contribution in [0.2, 0.25) is 0 Å². The van der Waals surface area contributed by atoms with Gasteiger partial charge in [0.1, 0.15) is 0 Å². The predicted octanol–water partition coefficient (Wildman–Crippen LogP) is 3.57. The third-order valence-corrected chi connectivity index (χ3v) is 5.10. The van der Waals surface area contributed by atoms with Gasteiger partial charge >= 0.3 is 0 Å². The SMILES string of the molecule is CN=C(NCc1sc(C)nc1C)NCC(C)N(C)c1ccccc1.I. The van der Waals surface area contributed by atoms with Crippen LogP contribution in [0.1, 0.15) is 22.5 Å². The molecule has 5 nitrogen and oxygen atoms in total. The normalized spacial score (nSPS) is 12.3. The average molecular weight is 473 g/mol. The summed E-state index contributed by atoms with van der Waals surface area (Å²) in [7, 11) is 3.91.